The van der Waals surface area contributed by atoms with Gasteiger partial charge in [0.1, 0.15) is 0 Å². The summed E-state index contributed by atoms with van der Waals surface area (Å²) in [6.45, 7) is 16.3. The number of aromatic nitrogens is 4. The molecule has 33 heavy (non-hydrogen) atoms. The number of H-pyrrole nitrogens is 1. The van der Waals surface area contributed by atoms with Crippen molar-refractivity contribution in [2.24, 2.45) is 5.92 Å². The predicted molar refractivity (Wildman–Crippen MR) is 133 cm³/mol. The lowest BCUT2D eigenvalue weighted by atomic mass is 9.71. The van der Waals surface area contributed by atoms with Gasteiger partial charge in [0, 0.05) is 5.56 Å². The van der Waals surface area contributed by atoms with Crippen LogP contribution in [0.1, 0.15) is 86.6 Å². The quantitative estimate of drug-likeness (QED) is 0.490. The van der Waals surface area contributed by atoms with Gasteiger partial charge < -0.3 is 0 Å². The second-order valence-electron chi connectivity index (χ2n) is 10.2. The number of fused-ring (bicyclic) bond motifs is 1. The van der Waals surface area contributed by atoms with E-state index in [0.29, 0.717) is 11.5 Å². The second-order valence-corrected chi connectivity index (χ2v) is 10.2. The van der Waals surface area contributed by atoms with Crippen LogP contribution in [0.15, 0.2) is 36.4 Å². The normalized spacial score (nSPS) is 18.8. The molecule has 6 heteroatoms. The van der Waals surface area contributed by atoms with Crippen LogP contribution < -0.4 is 5.32 Å². The van der Waals surface area contributed by atoms with Crippen LogP contribution in [0.25, 0.3) is 11.6 Å². The number of nitrogens with one attached hydrogen (secondary N) is 2. The topological polar surface area (TPSA) is 83.6 Å². The Morgan fingerprint density at radius 1 is 1.09 bits per heavy atom. The SMILES string of the molecule is CCc1cc2c(cc1/C(C)=C/c1ccc(C(=O)Nc3nn[nH]n3)cc1)C(C)(C)C(C)C2(C)C. The monoisotopic (exact) mass is 443 g/mol. The zero-order chi connectivity index (χ0) is 24.0. The van der Waals surface area contributed by atoms with Gasteiger partial charge in [0.25, 0.3) is 11.9 Å². The first-order valence-corrected chi connectivity index (χ1v) is 11.6. The number of hydrogen-bond donors (Lipinski definition) is 2. The standard InChI is InChI=1S/C27H33N5O/c1-8-19-14-22-23(27(6,7)17(3)26(22,4)5)15-21(19)16(2)13-18-9-11-20(12-10-18)24(33)28-25-29-31-32-30-25/h9-15,17H,8H2,1-7H3,(H2,28,29,30,31,32,33)/b16-13+. The van der Waals surface area contributed by atoms with Gasteiger partial charge in [-0.05, 0) is 80.8 Å². The average molecular weight is 444 g/mol. The molecule has 0 radical (unpaired) electrons. The van der Waals surface area contributed by atoms with Crippen molar-refractivity contribution in [2.45, 2.75) is 65.7 Å². The van der Waals surface area contributed by atoms with Gasteiger partial charge in [-0.2, -0.15) is 5.21 Å². The predicted octanol–water partition coefficient (Wildman–Crippen LogP) is 5.78. The summed E-state index contributed by atoms with van der Waals surface area (Å²) in [5, 5.41) is 15.9. The lowest BCUT2D eigenvalue weighted by Crippen LogP contribution is -2.30. The first-order valence-electron chi connectivity index (χ1n) is 11.6. The summed E-state index contributed by atoms with van der Waals surface area (Å²) in [4.78, 5) is 12.4. The maximum absolute atomic E-state index is 12.4. The van der Waals surface area contributed by atoms with Crippen LogP contribution in [0.3, 0.4) is 0 Å². The zero-order valence-corrected chi connectivity index (χ0v) is 20.6. The minimum Gasteiger partial charge on any atom is -0.288 e. The molecule has 2 N–H and O–H groups in total. The third-order valence-corrected chi connectivity index (χ3v) is 7.73. The van der Waals surface area contributed by atoms with E-state index in [9.17, 15) is 4.79 Å². The van der Waals surface area contributed by atoms with E-state index in [1.165, 1.54) is 27.8 Å². The lowest BCUT2D eigenvalue weighted by molar-refractivity contribution is 0.102. The third-order valence-electron chi connectivity index (χ3n) is 7.73. The van der Waals surface area contributed by atoms with E-state index < -0.39 is 0 Å². The minimum atomic E-state index is -0.269. The molecular weight excluding hydrogens is 410 g/mol. The van der Waals surface area contributed by atoms with Crippen molar-refractivity contribution in [1.29, 1.82) is 0 Å². The van der Waals surface area contributed by atoms with E-state index in [4.69, 9.17) is 0 Å². The lowest BCUT2D eigenvalue weighted by Gasteiger charge is -2.32. The molecule has 172 valence electrons. The van der Waals surface area contributed by atoms with Gasteiger partial charge in [-0.15, -0.1) is 5.10 Å². The Morgan fingerprint density at radius 3 is 2.30 bits per heavy atom. The van der Waals surface area contributed by atoms with E-state index in [1.807, 2.05) is 24.3 Å². The Balaban J connectivity index is 1.64. The van der Waals surface area contributed by atoms with Crippen molar-refractivity contribution < 1.29 is 4.79 Å². The van der Waals surface area contributed by atoms with Crippen molar-refractivity contribution in [1.82, 2.24) is 20.6 Å². The Bertz CT molecular complexity index is 1200. The van der Waals surface area contributed by atoms with Gasteiger partial charge in [-0.3, -0.25) is 10.1 Å². The van der Waals surface area contributed by atoms with Gasteiger partial charge in [0.15, 0.2) is 0 Å². The molecule has 0 saturated carbocycles. The number of benzene rings is 2. The highest BCUT2D eigenvalue weighted by molar-refractivity contribution is 6.03. The highest BCUT2D eigenvalue weighted by Gasteiger charge is 2.48. The van der Waals surface area contributed by atoms with Gasteiger partial charge in [0.2, 0.25) is 0 Å². The molecule has 3 aromatic rings. The van der Waals surface area contributed by atoms with E-state index in [2.05, 4.69) is 92.6 Å². The van der Waals surface area contributed by atoms with Crippen LogP contribution >= 0.6 is 0 Å². The highest BCUT2D eigenvalue weighted by Crippen LogP contribution is 2.54. The Morgan fingerprint density at radius 2 is 1.73 bits per heavy atom. The smallest absolute Gasteiger partial charge is 0.270 e. The molecular formula is C27H33N5O. The Hall–Kier alpha value is -3.28. The maximum atomic E-state index is 12.4. The number of hydrogen-bond acceptors (Lipinski definition) is 4. The van der Waals surface area contributed by atoms with E-state index in [-0.39, 0.29) is 22.7 Å². The van der Waals surface area contributed by atoms with E-state index in [0.717, 1.165) is 12.0 Å². The largest absolute Gasteiger partial charge is 0.288 e. The van der Waals surface area contributed by atoms with E-state index in [1.54, 1.807) is 0 Å². The molecule has 1 aromatic heterocycles. The van der Waals surface area contributed by atoms with Crippen LogP contribution in [0.5, 0.6) is 0 Å². The highest BCUT2D eigenvalue weighted by atomic mass is 16.1. The number of tetrazole rings is 1. The molecule has 0 aliphatic heterocycles. The molecule has 2 aromatic carbocycles. The number of amides is 1. The summed E-state index contributed by atoms with van der Waals surface area (Å²) in [6, 6.07) is 12.4. The molecule has 0 bridgehead atoms. The number of carbonyl (C=O) groups excluding carboxylic acids is 1. The summed E-state index contributed by atoms with van der Waals surface area (Å²) in [7, 11) is 0. The second kappa shape index (κ2) is 8.25. The molecule has 1 unspecified atom stereocenters. The molecule has 1 heterocycles. The summed E-state index contributed by atoms with van der Waals surface area (Å²) in [6.07, 6.45) is 3.19. The fourth-order valence-electron chi connectivity index (χ4n) is 5.19. The minimum absolute atomic E-state index is 0.133. The van der Waals surface area contributed by atoms with Gasteiger partial charge >= 0.3 is 0 Å². The number of carbonyl (C=O) groups is 1. The summed E-state index contributed by atoms with van der Waals surface area (Å²) in [5.74, 6) is 0.453. The van der Waals surface area contributed by atoms with Crippen molar-refractivity contribution >= 4 is 23.5 Å². The van der Waals surface area contributed by atoms with Gasteiger partial charge in [-0.1, -0.05) is 77.0 Å². The van der Waals surface area contributed by atoms with Crippen molar-refractivity contribution in [3.05, 3.63) is 69.8 Å². The molecule has 4 rings (SSSR count). The molecule has 1 amide bonds. The first-order chi connectivity index (χ1) is 15.6. The van der Waals surface area contributed by atoms with Gasteiger partial charge in [0.05, 0.1) is 0 Å². The maximum Gasteiger partial charge on any atom is 0.270 e. The fraction of sp³-hybridized carbons (Fsp3) is 0.407. The van der Waals surface area contributed by atoms with Crippen LogP contribution in [-0.4, -0.2) is 26.5 Å². The van der Waals surface area contributed by atoms with Crippen molar-refractivity contribution in [3.8, 4) is 0 Å². The van der Waals surface area contributed by atoms with Crippen LogP contribution in [0, 0.1) is 5.92 Å². The summed E-state index contributed by atoms with van der Waals surface area (Å²) >= 11 is 0. The molecule has 1 atom stereocenters. The number of nitrogens with zero attached hydrogens (tertiary/aromatic N) is 3. The molecule has 6 nitrogen and oxygen atoms in total. The van der Waals surface area contributed by atoms with Crippen LogP contribution in [0.4, 0.5) is 5.95 Å². The number of anilines is 1. The summed E-state index contributed by atoms with van der Waals surface area (Å²) in [5.41, 5.74) is 8.78. The average Bonchev–Trinajstić information content (AvgIpc) is 3.34. The van der Waals surface area contributed by atoms with Crippen molar-refractivity contribution in [3.63, 3.8) is 0 Å². The number of aryl methyl sites for hydroxylation is 1. The fourth-order valence-corrected chi connectivity index (χ4v) is 5.19. The first kappa shape index (κ1) is 22.9. The van der Waals surface area contributed by atoms with E-state index >= 15 is 0 Å². The Labute approximate surface area is 195 Å². The van der Waals surface area contributed by atoms with Crippen LogP contribution in [-0.2, 0) is 17.3 Å². The zero-order valence-electron chi connectivity index (χ0n) is 20.6. The molecule has 1 aliphatic rings. The number of aromatic amines is 1. The van der Waals surface area contributed by atoms with Crippen molar-refractivity contribution in [2.75, 3.05) is 5.32 Å². The number of allylic oxidation sites excluding steroid dienone is 1. The molecule has 0 spiro atoms. The third kappa shape index (κ3) is 3.99. The van der Waals surface area contributed by atoms with Gasteiger partial charge in [-0.25, -0.2) is 0 Å². The molecule has 1 aliphatic carbocycles. The molecule has 0 fully saturated rings. The Kier molecular flexibility index (Phi) is 5.72. The summed E-state index contributed by atoms with van der Waals surface area (Å²) < 4.78 is 0. The molecule has 0 saturated heterocycles. The van der Waals surface area contributed by atoms with Crippen LogP contribution in [0.2, 0.25) is 0 Å². The number of rotatable bonds is 5.